The minimum atomic E-state index is 0.250. The Labute approximate surface area is 110 Å². The van der Waals surface area contributed by atoms with Crippen molar-refractivity contribution >= 4 is 6.15 Å². The standard InChI is InChI=1S/C12H15N3O.CO2/c1-9(2)6-10-4-3-5-11(7-10)16-12-8-13-15-14-12;2-1-3/h3-5,7-9H,6H2,1-2H3,(H,13,14,15);. The average molecular weight is 261 g/mol. The fourth-order valence-electron chi connectivity index (χ4n) is 1.57. The van der Waals surface area contributed by atoms with Gasteiger partial charge in [0.05, 0.1) is 0 Å². The minimum absolute atomic E-state index is 0.250. The number of hydrogen-bond donors (Lipinski definition) is 1. The molecule has 6 nitrogen and oxygen atoms in total. The van der Waals surface area contributed by atoms with E-state index in [1.165, 1.54) is 5.56 Å². The number of aromatic nitrogens is 3. The number of nitrogens with one attached hydrogen (secondary N) is 1. The summed E-state index contributed by atoms with van der Waals surface area (Å²) in [6, 6.07) is 8.05. The molecule has 2 aromatic rings. The van der Waals surface area contributed by atoms with Crippen molar-refractivity contribution in [1.82, 2.24) is 15.4 Å². The molecule has 0 amide bonds. The summed E-state index contributed by atoms with van der Waals surface area (Å²) < 4.78 is 5.54. The van der Waals surface area contributed by atoms with Gasteiger partial charge in [-0.1, -0.05) is 26.0 Å². The van der Waals surface area contributed by atoms with Crippen LogP contribution in [0.1, 0.15) is 19.4 Å². The van der Waals surface area contributed by atoms with Gasteiger partial charge < -0.3 is 4.74 Å². The summed E-state index contributed by atoms with van der Waals surface area (Å²) in [6.45, 7) is 4.40. The average Bonchev–Trinajstić information content (AvgIpc) is 2.82. The molecule has 1 aromatic carbocycles. The topological polar surface area (TPSA) is 84.9 Å². The van der Waals surface area contributed by atoms with Gasteiger partial charge in [-0.25, -0.2) is 0 Å². The predicted octanol–water partition coefficient (Wildman–Crippen LogP) is 2.21. The third kappa shape index (κ3) is 5.61. The highest BCUT2D eigenvalue weighted by Gasteiger charge is 2.02. The van der Waals surface area contributed by atoms with Crippen LogP contribution in [0.2, 0.25) is 0 Å². The van der Waals surface area contributed by atoms with E-state index in [2.05, 4.69) is 35.3 Å². The smallest absolute Gasteiger partial charge is 0.373 e. The number of nitrogens with zero attached hydrogens (tertiary/aromatic N) is 2. The molecular weight excluding hydrogens is 246 g/mol. The van der Waals surface area contributed by atoms with E-state index in [-0.39, 0.29) is 6.15 Å². The normalized spacial score (nSPS) is 9.42. The van der Waals surface area contributed by atoms with Gasteiger partial charge in [0.25, 0.3) is 5.88 Å². The number of hydrogen-bond acceptors (Lipinski definition) is 5. The molecule has 0 unspecified atom stereocenters. The molecule has 1 heterocycles. The second-order valence-corrected chi connectivity index (χ2v) is 4.24. The van der Waals surface area contributed by atoms with E-state index >= 15 is 0 Å². The minimum Gasteiger partial charge on any atom is -0.436 e. The fourth-order valence-corrected chi connectivity index (χ4v) is 1.57. The summed E-state index contributed by atoms with van der Waals surface area (Å²) in [6.07, 6.45) is 2.85. The molecule has 0 radical (unpaired) electrons. The van der Waals surface area contributed by atoms with Crippen LogP contribution in [0, 0.1) is 5.92 Å². The lowest BCUT2D eigenvalue weighted by molar-refractivity contribution is -0.191. The maximum absolute atomic E-state index is 8.12. The van der Waals surface area contributed by atoms with Gasteiger partial charge in [0.15, 0.2) is 0 Å². The van der Waals surface area contributed by atoms with Crippen molar-refractivity contribution in [2.45, 2.75) is 20.3 Å². The fraction of sp³-hybridized carbons (Fsp3) is 0.308. The Morgan fingerprint density at radius 2 is 2.11 bits per heavy atom. The second-order valence-electron chi connectivity index (χ2n) is 4.24. The Bertz CT molecular complexity index is 518. The molecule has 19 heavy (non-hydrogen) atoms. The van der Waals surface area contributed by atoms with Crippen LogP contribution in [0.25, 0.3) is 0 Å². The van der Waals surface area contributed by atoms with E-state index in [9.17, 15) is 0 Å². The van der Waals surface area contributed by atoms with Gasteiger partial charge >= 0.3 is 6.15 Å². The molecule has 0 fully saturated rings. The summed E-state index contributed by atoms with van der Waals surface area (Å²) in [4.78, 5) is 16.2. The van der Waals surface area contributed by atoms with Crippen LogP contribution in [0.15, 0.2) is 30.5 Å². The van der Waals surface area contributed by atoms with Gasteiger partial charge in [-0.3, -0.25) is 0 Å². The van der Waals surface area contributed by atoms with Crippen molar-refractivity contribution in [3.63, 3.8) is 0 Å². The van der Waals surface area contributed by atoms with Gasteiger partial charge in [0.1, 0.15) is 11.9 Å². The Morgan fingerprint density at radius 3 is 2.68 bits per heavy atom. The molecule has 0 saturated carbocycles. The van der Waals surface area contributed by atoms with Gasteiger partial charge in [0, 0.05) is 0 Å². The Morgan fingerprint density at radius 1 is 1.37 bits per heavy atom. The van der Waals surface area contributed by atoms with Crippen molar-refractivity contribution in [1.29, 1.82) is 0 Å². The molecule has 6 heteroatoms. The molecule has 0 aliphatic carbocycles. The highest BCUT2D eigenvalue weighted by Crippen LogP contribution is 2.20. The van der Waals surface area contributed by atoms with Crippen LogP contribution in [0.4, 0.5) is 0 Å². The molecular formula is C13H15N3O3. The zero-order valence-corrected chi connectivity index (χ0v) is 10.8. The SMILES string of the molecule is CC(C)Cc1cccc(Oc2cn[nH]n2)c1.O=C=O. The summed E-state index contributed by atoms with van der Waals surface area (Å²) in [5.41, 5.74) is 1.27. The van der Waals surface area contributed by atoms with E-state index in [1.807, 2.05) is 18.2 Å². The summed E-state index contributed by atoms with van der Waals surface area (Å²) in [5.74, 6) is 1.93. The van der Waals surface area contributed by atoms with E-state index in [0.717, 1.165) is 12.2 Å². The molecule has 2 rings (SSSR count). The van der Waals surface area contributed by atoms with E-state index < -0.39 is 0 Å². The van der Waals surface area contributed by atoms with Crippen molar-refractivity contribution in [3.05, 3.63) is 36.0 Å². The Balaban J connectivity index is 0.000000550. The van der Waals surface area contributed by atoms with Crippen molar-refractivity contribution in [2.75, 3.05) is 0 Å². The molecule has 1 aromatic heterocycles. The van der Waals surface area contributed by atoms with E-state index in [1.54, 1.807) is 6.20 Å². The lowest BCUT2D eigenvalue weighted by atomic mass is 10.0. The molecule has 0 atom stereocenters. The first-order valence-corrected chi connectivity index (χ1v) is 5.77. The second kappa shape index (κ2) is 7.79. The van der Waals surface area contributed by atoms with Crippen LogP contribution in [-0.4, -0.2) is 21.6 Å². The van der Waals surface area contributed by atoms with Crippen LogP contribution in [0.5, 0.6) is 11.6 Å². The molecule has 0 bridgehead atoms. The summed E-state index contributed by atoms with van der Waals surface area (Å²) in [5, 5.41) is 10.0. The molecule has 100 valence electrons. The first-order valence-electron chi connectivity index (χ1n) is 5.77. The van der Waals surface area contributed by atoms with Gasteiger partial charge in [0.2, 0.25) is 0 Å². The lowest BCUT2D eigenvalue weighted by Gasteiger charge is -2.07. The molecule has 0 aliphatic heterocycles. The summed E-state index contributed by atoms with van der Waals surface area (Å²) in [7, 11) is 0. The monoisotopic (exact) mass is 261 g/mol. The third-order valence-corrected chi connectivity index (χ3v) is 2.16. The number of aromatic amines is 1. The zero-order valence-electron chi connectivity index (χ0n) is 10.8. The van der Waals surface area contributed by atoms with Crippen molar-refractivity contribution < 1.29 is 14.3 Å². The van der Waals surface area contributed by atoms with Crippen LogP contribution < -0.4 is 4.74 Å². The van der Waals surface area contributed by atoms with Crippen LogP contribution in [-0.2, 0) is 16.0 Å². The van der Waals surface area contributed by atoms with Gasteiger partial charge in [-0.15, -0.1) is 5.10 Å². The Kier molecular flexibility index (Phi) is 5.98. The van der Waals surface area contributed by atoms with Crippen molar-refractivity contribution in [2.24, 2.45) is 5.92 Å². The maximum atomic E-state index is 8.12. The summed E-state index contributed by atoms with van der Waals surface area (Å²) >= 11 is 0. The highest BCUT2D eigenvalue weighted by atomic mass is 16.5. The Hall–Kier alpha value is -2.46. The largest absolute Gasteiger partial charge is 0.436 e. The van der Waals surface area contributed by atoms with Crippen molar-refractivity contribution in [3.8, 4) is 11.6 Å². The highest BCUT2D eigenvalue weighted by molar-refractivity contribution is 5.31. The molecule has 0 aliphatic rings. The third-order valence-electron chi connectivity index (χ3n) is 2.16. The molecule has 1 N–H and O–H groups in total. The maximum Gasteiger partial charge on any atom is 0.373 e. The van der Waals surface area contributed by atoms with Gasteiger partial charge in [-0.2, -0.15) is 19.9 Å². The van der Waals surface area contributed by atoms with Gasteiger partial charge in [-0.05, 0) is 30.0 Å². The lowest BCUT2D eigenvalue weighted by Crippen LogP contribution is -1.94. The first-order chi connectivity index (χ1) is 9.15. The zero-order chi connectivity index (χ0) is 14.1. The number of carbonyl (C=O) groups excluding carboxylic acids is 2. The molecule has 0 spiro atoms. The number of ether oxygens (including phenoxy) is 1. The first kappa shape index (κ1) is 14.6. The predicted molar refractivity (Wildman–Crippen MR) is 66.4 cm³/mol. The van der Waals surface area contributed by atoms with Crippen LogP contribution >= 0.6 is 0 Å². The molecule has 0 saturated heterocycles. The quantitative estimate of drug-likeness (QED) is 0.912. The van der Waals surface area contributed by atoms with Crippen LogP contribution in [0.3, 0.4) is 0 Å². The van der Waals surface area contributed by atoms with E-state index in [4.69, 9.17) is 14.3 Å². The number of rotatable bonds is 4. The number of H-pyrrole nitrogens is 1. The number of benzene rings is 1. The van der Waals surface area contributed by atoms with E-state index in [0.29, 0.717) is 11.8 Å².